The Balaban J connectivity index is 2.18. The first-order valence-corrected chi connectivity index (χ1v) is 5.81. The molecule has 1 aromatic carbocycles. The summed E-state index contributed by atoms with van der Waals surface area (Å²) < 4.78 is 0. The minimum Gasteiger partial charge on any atom is -0.379 e. The molecule has 0 aliphatic carbocycles. The zero-order valence-electron chi connectivity index (χ0n) is 8.70. The maximum absolute atomic E-state index is 11.9. The van der Waals surface area contributed by atoms with Crippen LogP contribution in [0.3, 0.4) is 0 Å². The third kappa shape index (κ3) is 2.44. The quantitative estimate of drug-likeness (QED) is 0.494. The van der Waals surface area contributed by atoms with Crippen LogP contribution < -0.4 is 5.73 Å². The maximum Gasteiger partial charge on any atom is 0.269 e. The third-order valence-corrected chi connectivity index (χ3v) is 3.22. The van der Waals surface area contributed by atoms with Crippen molar-refractivity contribution in [2.75, 3.05) is 5.75 Å². The summed E-state index contributed by atoms with van der Waals surface area (Å²) in [5.74, 6) is 0.370. The molecule has 2 N–H and O–H groups in total. The SMILES string of the molecule is NC1=NC(C(=O)c2ccc([N+](=O)[O-])cc2)CS1. The highest BCUT2D eigenvalue weighted by molar-refractivity contribution is 8.14. The summed E-state index contributed by atoms with van der Waals surface area (Å²) in [6, 6.07) is 5.02. The average molecular weight is 251 g/mol. The number of carbonyl (C=O) groups is 1. The van der Waals surface area contributed by atoms with Crippen molar-refractivity contribution >= 4 is 28.4 Å². The van der Waals surface area contributed by atoms with Gasteiger partial charge in [-0.15, -0.1) is 0 Å². The number of aliphatic imine (C=N–C) groups is 1. The van der Waals surface area contributed by atoms with Gasteiger partial charge in [0.25, 0.3) is 5.69 Å². The van der Waals surface area contributed by atoms with Gasteiger partial charge in [-0.3, -0.25) is 19.9 Å². The molecule has 0 amide bonds. The fraction of sp³-hybridized carbons (Fsp3) is 0.200. The highest BCUT2D eigenvalue weighted by Gasteiger charge is 2.25. The summed E-state index contributed by atoms with van der Waals surface area (Å²) in [4.78, 5) is 25.9. The first kappa shape index (κ1) is 11.6. The summed E-state index contributed by atoms with van der Waals surface area (Å²) in [5, 5.41) is 10.9. The summed E-state index contributed by atoms with van der Waals surface area (Å²) in [5.41, 5.74) is 5.86. The summed E-state index contributed by atoms with van der Waals surface area (Å²) in [6.45, 7) is 0. The van der Waals surface area contributed by atoms with Crippen molar-refractivity contribution in [2.24, 2.45) is 10.7 Å². The number of nitrogens with two attached hydrogens (primary N) is 1. The number of hydrogen-bond acceptors (Lipinski definition) is 6. The van der Waals surface area contributed by atoms with E-state index in [2.05, 4.69) is 4.99 Å². The Labute approximate surface area is 101 Å². The van der Waals surface area contributed by atoms with Crippen molar-refractivity contribution in [2.45, 2.75) is 6.04 Å². The van der Waals surface area contributed by atoms with Crippen LogP contribution in [-0.4, -0.2) is 27.7 Å². The molecule has 2 rings (SSSR count). The number of nitro benzene ring substituents is 1. The fourth-order valence-corrected chi connectivity index (χ4v) is 2.22. The van der Waals surface area contributed by atoms with Gasteiger partial charge in [0.1, 0.15) is 6.04 Å². The van der Waals surface area contributed by atoms with Crippen LogP contribution in [0.4, 0.5) is 5.69 Å². The molecule has 6 nitrogen and oxygen atoms in total. The van der Waals surface area contributed by atoms with E-state index in [4.69, 9.17) is 5.73 Å². The van der Waals surface area contributed by atoms with Crippen LogP contribution in [-0.2, 0) is 0 Å². The molecule has 88 valence electrons. The van der Waals surface area contributed by atoms with Gasteiger partial charge in [-0.25, -0.2) is 0 Å². The van der Waals surface area contributed by atoms with E-state index >= 15 is 0 Å². The Hall–Kier alpha value is -1.89. The lowest BCUT2D eigenvalue weighted by Gasteiger charge is -2.04. The van der Waals surface area contributed by atoms with Crippen LogP contribution >= 0.6 is 11.8 Å². The van der Waals surface area contributed by atoms with Crippen molar-refractivity contribution < 1.29 is 9.72 Å². The molecule has 17 heavy (non-hydrogen) atoms. The first-order chi connectivity index (χ1) is 8.08. The molecule has 0 fully saturated rings. The Kier molecular flexibility index (Phi) is 3.10. The van der Waals surface area contributed by atoms with Gasteiger partial charge in [-0.1, -0.05) is 11.8 Å². The van der Waals surface area contributed by atoms with Crippen LogP contribution in [0.2, 0.25) is 0 Å². The molecule has 1 heterocycles. The molecule has 0 saturated carbocycles. The van der Waals surface area contributed by atoms with Gasteiger partial charge in [0.05, 0.1) is 4.92 Å². The second-order valence-electron chi connectivity index (χ2n) is 3.46. The number of carbonyl (C=O) groups excluding carboxylic acids is 1. The van der Waals surface area contributed by atoms with E-state index in [1.165, 1.54) is 36.0 Å². The van der Waals surface area contributed by atoms with Crippen molar-refractivity contribution in [1.82, 2.24) is 0 Å². The Morgan fingerprint density at radius 1 is 1.47 bits per heavy atom. The van der Waals surface area contributed by atoms with E-state index < -0.39 is 11.0 Å². The number of hydrogen-bond donors (Lipinski definition) is 1. The minimum atomic E-state index is -0.504. The smallest absolute Gasteiger partial charge is 0.269 e. The lowest BCUT2D eigenvalue weighted by molar-refractivity contribution is -0.384. The van der Waals surface area contributed by atoms with Gasteiger partial charge in [-0.2, -0.15) is 0 Å². The van der Waals surface area contributed by atoms with Gasteiger partial charge < -0.3 is 5.73 Å². The van der Waals surface area contributed by atoms with Crippen molar-refractivity contribution in [3.63, 3.8) is 0 Å². The monoisotopic (exact) mass is 251 g/mol. The Morgan fingerprint density at radius 3 is 2.59 bits per heavy atom. The molecule has 1 aliphatic rings. The predicted molar refractivity (Wildman–Crippen MR) is 65.3 cm³/mol. The van der Waals surface area contributed by atoms with Crippen LogP contribution in [0, 0.1) is 10.1 Å². The standard InChI is InChI=1S/C10H9N3O3S/c11-10-12-8(5-17-10)9(14)6-1-3-7(4-2-6)13(15)16/h1-4,8H,5H2,(H2,11,12). The van der Waals surface area contributed by atoms with E-state index in [0.29, 0.717) is 16.5 Å². The lowest BCUT2D eigenvalue weighted by atomic mass is 10.1. The molecule has 0 radical (unpaired) electrons. The highest BCUT2D eigenvalue weighted by atomic mass is 32.2. The van der Waals surface area contributed by atoms with Crippen molar-refractivity contribution in [3.05, 3.63) is 39.9 Å². The van der Waals surface area contributed by atoms with E-state index in [9.17, 15) is 14.9 Å². The molecule has 0 saturated heterocycles. The highest BCUT2D eigenvalue weighted by Crippen LogP contribution is 2.20. The number of Topliss-reactive ketones (excluding diaryl/α,β-unsaturated/α-hetero) is 1. The molecule has 0 spiro atoms. The average Bonchev–Trinajstić information content (AvgIpc) is 2.75. The summed E-state index contributed by atoms with van der Waals surface area (Å²) in [6.07, 6.45) is 0. The van der Waals surface area contributed by atoms with Crippen LogP contribution in [0.1, 0.15) is 10.4 Å². The number of benzene rings is 1. The summed E-state index contributed by atoms with van der Waals surface area (Å²) >= 11 is 1.34. The fourth-order valence-electron chi connectivity index (χ4n) is 1.47. The molecule has 1 atom stereocenters. The summed E-state index contributed by atoms with van der Waals surface area (Å²) in [7, 11) is 0. The molecule has 1 aliphatic heterocycles. The van der Waals surface area contributed by atoms with Gasteiger partial charge in [-0.05, 0) is 12.1 Å². The second kappa shape index (κ2) is 4.54. The molecule has 0 bridgehead atoms. The van der Waals surface area contributed by atoms with Gasteiger partial charge >= 0.3 is 0 Å². The van der Waals surface area contributed by atoms with E-state index in [-0.39, 0.29) is 11.5 Å². The zero-order valence-corrected chi connectivity index (χ0v) is 9.52. The normalized spacial score (nSPS) is 18.8. The Morgan fingerprint density at radius 2 is 2.12 bits per heavy atom. The first-order valence-electron chi connectivity index (χ1n) is 4.82. The van der Waals surface area contributed by atoms with Gasteiger partial charge in [0.2, 0.25) is 0 Å². The predicted octanol–water partition coefficient (Wildman–Crippen LogP) is 1.21. The van der Waals surface area contributed by atoms with E-state index in [1.54, 1.807) is 0 Å². The van der Waals surface area contributed by atoms with Crippen LogP contribution in [0.15, 0.2) is 29.3 Å². The molecule has 0 aromatic heterocycles. The molecule has 1 aromatic rings. The second-order valence-corrected chi connectivity index (χ2v) is 4.50. The van der Waals surface area contributed by atoms with Crippen molar-refractivity contribution in [3.8, 4) is 0 Å². The number of amidine groups is 1. The minimum absolute atomic E-state index is 0.0367. The number of nitrogens with zero attached hydrogens (tertiary/aromatic N) is 2. The van der Waals surface area contributed by atoms with Gasteiger partial charge in [0.15, 0.2) is 11.0 Å². The Bertz CT molecular complexity index is 498. The number of thioether (sulfide) groups is 1. The zero-order chi connectivity index (χ0) is 12.4. The van der Waals surface area contributed by atoms with Crippen LogP contribution in [0.25, 0.3) is 0 Å². The van der Waals surface area contributed by atoms with E-state index in [1.807, 2.05) is 0 Å². The number of non-ortho nitro benzene ring substituents is 1. The number of rotatable bonds is 3. The number of ketones is 1. The molecular formula is C10H9N3O3S. The molecule has 1 unspecified atom stereocenters. The third-order valence-electron chi connectivity index (χ3n) is 2.34. The number of nitro groups is 1. The maximum atomic E-state index is 11.9. The molecule has 7 heteroatoms. The lowest BCUT2D eigenvalue weighted by Crippen LogP contribution is -2.18. The molecular weight excluding hydrogens is 242 g/mol. The topological polar surface area (TPSA) is 98.6 Å². The van der Waals surface area contributed by atoms with E-state index in [0.717, 1.165) is 0 Å². The largest absolute Gasteiger partial charge is 0.379 e. The van der Waals surface area contributed by atoms with Gasteiger partial charge in [0, 0.05) is 23.4 Å². The van der Waals surface area contributed by atoms with Crippen molar-refractivity contribution in [1.29, 1.82) is 0 Å². The van der Waals surface area contributed by atoms with Crippen LogP contribution in [0.5, 0.6) is 0 Å².